The molecule has 2 aromatic rings. The van der Waals surface area contributed by atoms with Crippen LogP contribution in [0.3, 0.4) is 0 Å². The van der Waals surface area contributed by atoms with Crippen LogP contribution in [0.2, 0.25) is 0 Å². The fourth-order valence-corrected chi connectivity index (χ4v) is 3.62. The van der Waals surface area contributed by atoms with Gasteiger partial charge >= 0.3 is 0 Å². The molecule has 0 saturated heterocycles. The minimum absolute atomic E-state index is 0.0338. The molecule has 1 N–H and O–H groups in total. The monoisotopic (exact) mass is 336 g/mol. The van der Waals surface area contributed by atoms with Crippen LogP contribution in [0.4, 0.5) is 11.4 Å². The Morgan fingerprint density at radius 1 is 1.23 bits per heavy atom. The van der Waals surface area contributed by atoms with Crippen LogP contribution in [-0.4, -0.2) is 34.9 Å². The summed E-state index contributed by atoms with van der Waals surface area (Å²) in [7, 11) is 0. The number of carbonyl (C=O) groups is 1. The Bertz CT molecular complexity index is 608. The zero-order valence-corrected chi connectivity index (χ0v) is 14.6. The fourth-order valence-electron chi connectivity index (χ4n) is 2.01. The van der Waals surface area contributed by atoms with E-state index in [0.29, 0.717) is 5.75 Å². The number of thioether (sulfide) groups is 1. The number of amides is 1. The van der Waals surface area contributed by atoms with E-state index in [4.69, 9.17) is 0 Å². The van der Waals surface area contributed by atoms with E-state index in [1.807, 2.05) is 31.2 Å². The van der Waals surface area contributed by atoms with Crippen LogP contribution in [0, 0.1) is 6.92 Å². The van der Waals surface area contributed by atoms with E-state index in [0.717, 1.165) is 28.1 Å². The Balaban J connectivity index is 1.86. The number of nitrogens with one attached hydrogen (secondary N) is 1. The summed E-state index contributed by atoms with van der Waals surface area (Å²) in [5.41, 5.74) is 1.98. The first-order valence-corrected chi connectivity index (χ1v) is 9.00. The molecule has 0 aliphatic rings. The maximum Gasteiger partial charge on any atom is 0.234 e. The van der Waals surface area contributed by atoms with Crippen molar-refractivity contribution in [2.75, 3.05) is 29.1 Å². The van der Waals surface area contributed by atoms with E-state index < -0.39 is 0 Å². The summed E-state index contributed by atoms with van der Waals surface area (Å²) in [5.74, 6) is 0.306. The predicted molar refractivity (Wildman–Crippen MR) is 94.0 cm³/mol. The third-order valence-corrected chi connectivity index (χ3v) is 5.09. The lowest BCUT2D eigenvalue weighted by Crippen LogP contribution is -2.21. The Labute approximate surface area is 139 Å². The largest absolute Gasteiger partial charge is 0.372 e. The lowest BCUT2D eigenvalue weighted by atomic mass is 10.2. The van der Waals surface area contributed by atoms with Gasteiger partial charge in [-0.15, -0.1) is 10.2 Å². The molecule has 5 nitrogen and oxygen atoms in total. The van der Waals surface area contributed by atoms with Crippen LogP contribution in [0.1, 0.15) is 18.9 Å². The van der Waals surface area contributed by atoms with Gasteiger partial charge in [-0.2, -0.15) is 0 Å². The Morgan fingerprint density at radius 3 is 2.45 bits per heavy atom. The van der Waals surface area contributed by atoms with Crippen molar-refractivity contribution in [1.29, 1.82) is 0 Å². The van der Waals surface area contributed by atoms with Gasteiger partial charge in [0.05, 0.1) is 5.75 Å². The van der Waals surface area contributed by atoms with Gasteiger partial charge in [-0.1, -0.05) is 23.1 Å². The number of aromatic nitrogens is 2. The van der Waals surface area contributed by atoms with Crippen molar-refractivity contribution in [2.24, 2.45) is 0 Å². The smallest absolute Gasteiger partial charge is 0.234 e. The molecule has 1 heterocycles. The first-order valence-electron chi connectivity index (χ1n) is 7.20. The number of nitrogens with zero attached hydrogens (tertiary/aromatic N) is 3. The van der Waals surface area contributed by atoms with Gasteiger partial charge in [-0.05, 0) is 45.0 Å². The number of benzene rings is 1. The number of rotatable bonds is 7. The summed E-state index contributed by atoms with van der Waals surface area (Å²) in [6.07, 6.45) is 0. The van der Waals surface area contributed by atoms with Crippen LogP contribution in [0.25, 0.3) is 0 Å². The minimum atomic E-state index is -0.0338. The molecule has 0 radical (unpaired) electrons. The molecule has 0 saturated carbocycles. The zero-order chi connectivity index (χ0) is 15.9. The molecule has 0 spiro atoms. The van der Waals surface area contributed by atoms with Crippen molar-refractivity contribution in [1.82, 2.24) is 10.2 Å². The first kappa shape index (κ1) is 16.8. The standard InChI is InChI=1S/C15H20N4OS2/c1-4-19(5-2)13-8-6-12(7-9-13)16-14(20)10-21-15-18-17-11(3)22-15/h6-9H,4-5,10H2,1-3H3,(H,16,20). The molecule has 1 aromatic heterocycles. The van der Waals surface area contributed by atoms with Crippen LogP contribution >= 0.6 is 23.1 Å². The third kappa shape index (κ3) is 4.71. The summed E-state index contributed by atoms with van der Waals surface area (Å²) in [6.45, 7) is 8.11. The quantitative estimate of drug-likeness (QED) is 0.785. The average Bonchev–Trinajstić information content (AvgIpc) is 2.94. The second kappa shape index (κ2) is 8.14. The Morgan fingerprint density at radius 2 is 1.91 bits per heavy atom. The minimum Gasteiger partial charge on any atom is -0.372 e. The highest BCUT2D eigenvalue weighted by molar-refractivity contribution is 8.01. The molecular formula is C15H20N4OS2. The van der Waals surface area contributed by atoms with Crippen LogP contribution in [0.15, 0.2) is 28.6 Å². The second-order valence-corrected chi connectivity index (χ2v) is 7.05. The number of carbonyl (C=O) groups excluding carboxylic acids is 1. The van der Waals surface area contributed by atoms with E-state index in [1.54, 1.807) is 0 Å². The SMILES string of the molecule is CCN(CC)c1ccc(NC(=O)CSc2nnc(C)s2)cc1. The highest BCUT2D eigenvalue weighted by Gasteiger charge is 2.07. The number of anilines is 2. The van der Waals surface area contributed by atoms with Gasteiger partial charge in [0.15, 0.2) is 4.34 Å². The van der Waals surface area contributed by atoms with Gasteiger partial charge in [-0.3, -0.25) is 4.79 Å². The van der Waals surface area contributed by atoms with Gasteiger partial charge < -0.3 is 10.2 Å². The summed E-state index contributed by atoms with van der Waals surface area (Å²) < 4.78 is 0.824. The van der Waals surface area contributed by atoms with Gasteiger partial charge in [0, 0.05) is 24.5 Å². The third-order valence-electron chi connectivity index (χ3n) is 3.11. The van der Waals surface area contributed by atoms with Crippen LogP contribution < -0.4 is 10.2 Å². The van der Waals surface area contributed by atoms with Gasteiger partial charge in [0.2, 0.25) is 5.91 Å². The van der Waals surface area contributed by atoms with Crippen LogP contribution in [-0.2, 0) is 4.79 Å². The van der Waals surface area contributed by atoms with Crippen molar-refractivity contribution in [3.8, 4) is 0 Å². The molecule has 0 unspecified atom stereocenters. The van der Waals surface area contributed by atoms with E-state index >= 15 is 0 Å². The van der Waals surface area contributed by atoms with Crippen LogP contribution in [0.5, 0.6) is 0 Å². The molecule has 22 heavy (non-hydrogen) atoms. The van der Waals surface area contributed by atoms with E-state index in [9.17, 15) is 4.79 Å². The molecule has 0 aliphatic carbocycles. The van der Waals surface area contributed by atoms with Crippen molar-refractivity contribution >= 4 is 40.4 Å². The molecule has 7 heteroatoms. The average molecular weight is 336 g/mol. The first-order chi connectivity index (χ1) is 10.6. The lowest BCUT2D eigenvalue weighted by molar-refractivity contribution is -0.113. The predicted octanol–water partition coefficient (Wildman–Crippen LogP) is 3.42. The summed E-state index contributed by atoms with van der Waals surface area (Å²) in [5, 5.41) is 11.7. The van der Waals surface area contributed by atoms with E-state index in [2.05, 4.69) is 34.3 Å². The normalized spacial score (nSPS) is 10.5. The molecule has 0 fully saturated rings. The molecular weight excluding hydrogens is 316 g/mol. The van der Waals surface area contributed by atoms with Gasteiger partial charge in [0.25, 0.3) is 0 Å². The topological polar surface area (TPSA) is 58.1 Å². The second-order valence-electron chi connectivity index (χ2n) is 4.64. The van der Waals surface area contributed by atoms with Crippen molar-refractivity contribution in [3.05, 3.63) is 29.3 Å². The molecule has 1 amide bonds. The molecule has 2 rings (SSSR count). The highest BCUT2D eigenvalue weighted by Crippen LogP contribution is 2.22. The van der Waals surface area contributed by atoms with Gasteiger partial charge in [0.1, 0.15) is 5.01 Å². The highest BCUT2D eigenvalue weighted by atomic mass is 32.2. The zero-order valence-electron chi connectivity index (χ0n) is 13.0. The molecule has 0 bridgehead atoms. The molecule has 0 atom stereocenters. The summed E-state index contributed by atoms with van der Waals surface area (Å²) in [6, 6.07) is 7.93. The van der Waals surface area contributed by atoms with E-state index in [1.165, 1.54) is 28.8 Å². The fraction of sp³-hybridized carbons (Fsp3) is 0.400. The van der Waals surface area contributed by atoms with Crippen molar-refractivity contribution in [2.45, 2.75) is 25.1 Å². The lowest BCUT2D eigenvalue weighted by Gasteiger charge is -2.21. The maximum absolute atomic E-state index is 11.9. The molecule has 118 valence electrons. The summed E-state index contributed by atoms with van der Waals surface area (Å²) >= 11 is 2.91. The number of aryl methyl sites for hydroxylation is 1. The molecule has 0 aliphatic heterocycles. The maximum atomic E-state index is 11.9. The van der Waals surface area contributed by atoms with Crippen molar-refractivity contribution in [3.63, 3.8) is 0 Å². The Kier molecular flexibility index (Phi) is 6.21. The molecule has 1 aromatic carbocycles. The number of hydrogen-bond acceptors (Lipinski definition) is 6. The Hall–Kier alpha value is -1.60. The van der Waals surface area contributed by atoms with Crippen molar-refractivity contribution < 1.29 is 4.79 Å². The van der Waals surface area contributed by atoms with Gasteiger partial charge in [-0.25, -0.2) is 0 Å². The van der Waals surface area contributed by atoms with E-state index in [-0.39, 0.29) is 5.91 Å². The summed E-state index contributed by atoms with van der Waals surface area (Å²) in [4.78, 5) is 14.2. The number of hydrogen-bond donors (Lipinski definition) is 1.